The Hall–Kier alpha value is -1.36. The number of hydrogen-bond donors (Lipinski definition) is 1. The molecule has 1 N–H and O–H groups in total. The largest absolute Gasteiger partial charge is 0.376 e. The quantitative estimate of drug-likeness (QED) is 0.911. The summed E-state index contributed by atoms with van der Waals surface area (Å²) < 4.78 is 7.43. The first-order valence-electron chi connectivity index (χ1n) is 7.62. The molecule has 0 atom stereocenters. The minimum absolute atomic E-state index is 0.160. The van der Waals surface area contributed by atoms with Crippen LogP contribution in [0.25, 0.3) is 0 Å². The molecule has 1 aliphatic carbocycles. The van der Waals surface area contributed by atoms with Crippen LogP contribution in [0.1, 0.15) is 49.1 Å². The van der Waals surface area contributed by atoms with Gasteiger partial charge in [-0.1, -0.05) is 12.8 Å². The molecule has 2 heterocycles. The van der Waals surface area contributed by atoms with E-state index < -0.39 is 0 Å². The van der Waals surface area contributed by atoms with Crippen molar-refractivity contribution in [1.29, 1.82) is 0 Å². The Morgan fingerprint density at radius 3 is 3.05 bits per heavy atom. The molecule has 1 aromatic rings. The lowest BCUT2D eigenvalue weighted by Crippen LogP contribution is -2.25. The molecule has 110 valence electrons. The van der Waals surface area contributed by atoms with E-state index in [4.69, 9.17) is 4.74 Å². The van der Waals surface area contributed by atoms with Crippen LogP contribution in [0.2, 0.25) is 0 Å². The third-order valence-electron chi connectivity index (χ3n) is 4.49. The van der Waals surface area contributed by atoms with E-state index in [0.717, 1.165) is 18.7 Å². The lowest BCUT2D eigenvalue weighted by Gasteiger charge is -2.14. The van der Waals surface area contributed by atoms with Gasteiger partial charge in [0.05, 0.1) is 25.5 Å². The molecule has 1 aromatic heterocycles. The maximum atomic E-state index is 12.0. The molecular weight excluding hydrogens is 254 g/mol. The topological polar surface area (TPSA) is 56.2 Å². The van der Waals surface area contributed by atoms with E-state index in [1.165, 1.54) is 36.9 Å². The van der Waals surface area contributed by atoms with Crippen LogP contribution >= 0.6 is 0 Å². The van der Waals surface area contributed by atoms with Gasteiger partial charge in [-0.15, -0.1) is 0 Å². The molecule has 0 spiro atoms. The minimum Gasteiger partial charge on any atom is -0.376 e. The molecule has 1 fully saturated rings. The summed E-state index contributed by atoms with van der Waals surface area (Å²) >= 11 is 0. The van der Waals surface area contributed by atoms with Crippen molar-refractivity contribution in [3.63, 3.8) is 0 Å². The predicted octanol–water partition coefficient (Wildman–Crippen LogP) is 1.69. The molecule has 5 nitrogen and oxygen atoms in total. The molecule has 3 rings (SSSR count). The summed E-state index contributed by atoms with van der Waals surface area (Å²) in [6.07, 6.45) is 6.56. The fraction of sp³-hybridized carbons (Fsp3) is 0.733. The predicted molar refractivity (Wildman–Crippen MR) is 75.0 cm³/mol. The fourth-order valence-electron chi connectivity index (χ4n) is 3.36. The van der Waals surface area contributed by atoms with Crippen LogP contribution in [0.15, 0.2) is 0 Å². The first-order chi connectivity index (χ1) is 9.74. The van der Waals surface area contributed by atoms with Crippen LogP contribution in [0.4, 0.5) is 0 Å². The Morgan fingerprint density at radius 2 is 2.25 bits per heavy atom. The Bertz CT molecular complexity index is 490. The van der Waals surface area contributed by atoms with Crippen LogP contribution in [-0.2, 0) is 36.2 Å². The standard InChI is InChI=1S/C15H23N3O2/c1-18-14-6-7-20-10-12(14)13(17-18)9-16-15(19)8-11-4-2-3-5-11/h11H,2-10H2,1H3,(H,16,19). The van der Waals surface area contributed by atoms with Crippen molar-refractivity contribution in [2.45, 2.75) is 51.7 Å². The van der Waals surface area contributed by atoms with E-state index in [-0.39, 0.29) is 5.91 Å². The maximum absolute atomic E-state index is 12.0. The summed E-state index contributed by atoms with van der Waals surface area (Å²) in [6, 6.07) is 0. The second kappa shape index (κ2) is 5.95. The van der Waals surface area contributed by atoms with Gasteiger partial charge in [0, 0.05) is 31.1 Å². The number of nitrogens with zero attached hydrogens (tertiary/aromatic N) is 2. The first kappa shape index (κ1) is 13.6. The first-order valence-corrected chi connectivity index (χ1v) is 7.62. The second-order valence-electron chi connectivity index (χ2n) is 5.93. The van der Waals surface area contributed by atoms with Crippen molar-refractivity contribution in [1.82, 2.24) is 15.1 Å². The number of carbonyl (C=O) groups is 1. The van der Waals surface area contributed by atoms with Crippen molar-refractivity contribution in [2.75, 3.05) is 6.61 Å². The fourth-order valence-corrected chi connectivity index (χ4v) is 3.36. The molecule has 0 bridgehead atoms. The van der Waals surface area contributed by atoms with E-state index in [1.807, 2.05) is 11.7 Å². The van der Waals surface area contributed by atoms with Gasteiger partial charge in [0.25, 0.3) is 0 Å². The Kier molecular flexibility index (Phi) is 4.05. The van der Waals surface area contributed by atoms with Crippen molar-refractivity contribution in [3.8, 4) is 0 Å². The van der Waals surface area contributed by atoms with Gasteiger partial charge >= 0.3 is 0 Å². The number of hydrogen-bond acceptors (Lipinski definition) is 3. The molecule has 0 saturated heterocycles. The maximum Gasteiger partial charge on any atom is 0.220 e. The van der Waals surface area contributed by atoms with E-state index in [1.54, 1.807) is 0 Å². The van der Waals surface area contributed by atoms with Crippen molar-refractivity contribution < 1.29 is 9.53 Å². The highest BCUT2D eigenvalue weighted by Gasteiger charge is 2.21. The lowest BCUT2D eigenvalue weighted by atomic mass is 10.0. The number of aryl methyl sites for hydroxylation is 1. The van der Waals surface area contributed by atoms with Crippen LogP contribution in [0.3, 0.4) is 0 Å². The van der Waals surface area contributed by atoms with Crippen molar-refractivity contribution in [2.24, 2.45) is 13.0 Å². The van der Waals surface area contributed by atoms with E-state index in [0.29, 0.717) is 25.5 Å². The summed E-state index contributed by atoms with van der Waals surface area (Å²) in [5.41, 5.74) is 3.37. The van der Waals surface area contributed by atoms with Crippen LogP contribution < -0.4 is 5.32 Å². The Balaban J connectivity index is 1.56. The van der Waals surface area contributed by atoms with Crippen LogP contribution in [0, 0.1) is 5.92 Å². The highest BCUT2D eigenvalue weighted by Crippen LogP contribution is 2.27. The number of nitrogens with one attached hydrogen (secondary N) is 1. The smallest absolute Gasteiger partial charge is 0.220 e. The number of aromatic nitrogens is 2. The molecule has 0 radical (unpaired) electrons. The van der Waals surface area contributed by atoms with Crippen LogP contribution in [0.5, 0.6) is 0 Å². The Morgan fingerprint density at radius 1 is 1.45 bits per heavy atom. The van der Waals surface area contributed by atoms with Gasteiger partial charge < -0.3 is 10.1 Å². The number of ether oxygens (including phenoxy) is 1. The van der Waals surface area contributed by atoms with Gasteiger partial charge in [-0.2, -0.15) is 5.10 Å². The SMILES string of the molecule is Cn1nc(CNC(=O)CC2CCCC2)c2c1CCOC2. The molecule has 0 aromatic carbocycles. The van der Waals surface area contributed by atoms with Crippen molar-refractivity contribution in [3.05, 3.63) is 17.0 Å². The van der Waals surface area contributed by atoms with Gasteiger partial charge in [0.2, 0.25) is 5.91 Å². The summed E-state index contributed by atoms with van der Waals surface area (Å²) in [5.74, 6) is 0.754. The zero-order valence-electron chi connectivity index (χ0n) is 12.2. The molecule has 20 heavy (non-hydrogen) atoms. The lowest BCUT2D eigenvalue weighted by molar-refractivity contribution is -0.122. The molecular formula is C15H23N3O2. The van der Waals surface area contributed by atoms with E-state index in [2.05, 4.69) is 10.4 Å². The van der Waals surface area contributed by atoms with E-state index >= 15 is 0 Å². The van der Waals surface area contributed by atoms with Crippen molar-refractivity contribution >= 4 is 5.91 Å². The number of rotatable bonds is 4. The molecule has 0 unspecified atom stereocenters. The summed E-state index contributed by atoms with van der Waals surface area (Å²) in [4.78, 5) is 12.0. The molecule has 1 aliphatic heterocycles. The van der Waals surface area contributed by atoms with Gasteiger partial charge in [0.1, 0.15) is 0 Å². The monoisotopic (exact) mass is 277 g/mol. The number of carbonyl (C=O) groups excluding carboxylic acids is 1. The summed E-state index contributed by atoms with van der Waals surface area (Å²) in [5, 5.41) is 7.54. The molecule has 1 saturated carbocycles. The second-order valence-corrected chi connectivity index (χ2v) is 5.93. The average molecular weight is 277 g/mol. The third kappa shape index (κ3) is 2.87. The molecule has 5 heteroatoms. The van der Waals surface area contributed by atoms with E-state index in [9.17, 15) is 4.79 Å². The molecule has 2 aliphatic rings. The highest BCUT2D eigenvalue weighted by atomic mass is 16.5. The van der Waals surface area contributed by atoms with Gasteiger partial charge in [0.15, 0.2) is 0 Å². The van der Waals surface area contributed by atoms with Gasteiger partial charge in [-0.05, 0) is 18.8 Å². The third-order valence-corrected chi connectivity index (χ3v) is 4.49. The summed E-state index contributed by atoms with van der Waals surface area (Å²) in [7, 11) is 1.97. The normalized spacial score (nSPS) is 19.1. The molecule has 1 amide bonds. The Labute approximate surface area is 119 Å². The minimum atomic E-state index is 0.160. The van der Waals surface area contributed by atoms with Gasteiger partial charge in [-0.3, -0.25) is 9.48 Å². The average Bonchev–Trinajstić information content (AvgIpc) is 3.06. The number of amides is 1. The zero-order valence-corrected chi connectivity index (χ0v) is 12.2. The summed E-state index contributed by atoms with van der Waals surface area (Å²) in [6.45, 7) is 1.91. The number of fused-ring (bicyclic) bond motifs is 1. The highest BCUT2D eigenvalue weighted by molar-refractivity contribution is 5.76. The van der Waals surface area contributed by atoms with Gasteiger partial charge in [-0.25, -0.2) is 0 Å². The zero-order chi connectivity index (χ0) is 13.9. The van der Waals surface area contributed by atoms with Crippen LogP contribution in [-0.4, -0.2) is 22.3 Å².